The summed E-state index contributed by atoms with van der Waals surface area (Å²) in [7, 11) is 0. The minimum Gasteiger partial charge on any atom is -0.477 e. The second kappa shape index (κ2) is 6.07. The van der Waals surface area contributed by atoms with Gasteiger partial charge in [-0.2, -0.15) is 0 Å². The van der Waals surface area contributed by atoms with Crippen molar-refractivity contribution in [3.63, 3.8) is 0 Å². The lowest BCUT2D eigenvalue weighted by Crippen LogP contribution is -2.61. The van der Waals surface area contributed by atoms with Gasteiger partial charge in [0.1, 0.15) is 5.70 Å². The molecule has 2 rings (SSSR count). The number of nitrogens with zero attached hydrogens (tertiary/aromatic N) is 1. The molecule has 116 valence electrons. The fourth-order valence-corrected chi connectivity index (χ4v) is 3.82. The van der Waals surface area contributed by atoms with E-state index < -0.39 is 18.0 Å². The van der Waals surface area contributed by atoms with Gasteiger partial charge >= 0.3 is 5.97 Å². The van der Waals surface area contributed by atoms with E-state index in [1.54, 1.807) is 6.92 Å². The number of rotatable bonds is 6. The third-order valence-corrected chi connectivity index (χ3v) is 4.76. The van der Waals surface area contributed by atoms with Gasteiger partial charge in [-0.05, 0) is 6.92 Å². The highest BCUT2D eigenvalue weighted by Crippen LogP contribution is 2.46. The van der Waals surface area contributed by atoms with Crippen LogP contribution in [0.4, 0.5) is 0 Å². The van der Waals surface area contributed by atoms with Gasteiger partial charge in [0.2, 0.25) is 11.8 Å². The van der Waals surface area contributed by atoms with Crippen LogP contribution in [-0.2, 0) is 14.4 Å². The molecule has 0 radical (unpaired) electrons. The van der Waals surface area contributed by atoms with E-state index in [9.17, 15) is 24.6 Å². The zero-order valence-corrected chi connectivity index (χ0v) is 12.6. The summed E-state index contributed by atoms with van der Waals surface area (Å²) in [4.78, 5) is 36.0. The van der Waals surface area contributed by atoms with Gasteiger partial charge in [-0.15, -0.1) is 11.8 Å². The normalized spacial score (nSPS) is 25.5. The van der Waals surface area contributed by atoms with Gasteiger partial charge in [-0.25, -0.2) is 4.79 Å². The highest BCUT2D eigenvalue weighted by atomic mass is 32.2. The quantitative estimate of drug-likeness (QED) is 0.461. The monoisotopic (exact) mass is 314 g/mol. The average molecular weight is 314 g/mol. The standard InChI is InChI=1S/C13H18N2O5S/c1-6(16)10-8-5-9(21-4-3-14-7(2)17)11(13(19)20)15(8)12(10)18/h6,8,10,16H,3-5H2,1-2H3,(H,14,17)(H,19,20)/t6-,8?,10?/m1/s1. The number of amides is 2. The lowest BCUT2D eigenvalue weighted by atomic mass is 9.83. The Kier molecular flexibility index (Phi) is 4.58. The number of nitrogens with one attached hydrogen (secondary N) is 1. The summed E-state index contributed by atoms with van der Waals surface area (Å²) in [5.41, 5.74) is 0.0229. The number of hydrogen-bond donors (Lipinski definition) is 3. The fourth-order valence-electron chi connectivity index (χ4n) is 2.76. The molecule has 3 atom stereocenters. The van der Waals surface area contributed by atoms with Crippen LogP contribution in [0.1, 0.15) is 20.3 Å². The lowest BCUT2D eigenvalue weighted by Gasteiger charge is -2.44. The van der Waals surface area contributed by atoms with Crippen molar-refractivity contribution in [2.24, 2.45) is 5.92 Å². The first-order valence-corrected chi connectivity index (χ1v) is 7.68. The molecular weight excluding hydrogens is 296 g/mol. The Morgan fingerprint density at radius 1 is 1.52 bits per heavy atom. The van der Waals surface area contributed by atoms with Crippen LogP contribution in [0.5, 0.6) is 0 Å². The third kappa shape index (κ3) is 2.91. The minimum atomic E-state index is -1.13. The number of fused-ring (bicyclic) bond motifs is 1. The molecule has 0 bridgehead atoms. The summed E-state index contributed by atoms with van der Waals surface area (Å²) in [6, 6.07) is -0.258. The van der Waals surface area contributed by atoms with E-state index in [-0.39, 0.29) is 23.6 Å². The first kappa shape index (κ1) is 15.8. The van der Waals surface area contributed by atoms with Gasteiger partial charge in [0.05, 0.1) is 18.1 Å². The van der Waals surface area contributed by atoms with E-state index in [1.807, 2.05) is 0 Å². The maximum Gasteiger partial charge on any atom is 0.353 e. The molecule has 2 aliphatic heterocycles. The van der Waals surface area contributed by atoms with Crippen molar-refractivity contribution in [1.82, 2.24) is 10.2 Å². The molecule has 2 amide bonds. The van der Waals surface area contributed by atoms with Gasteiger partial charge in [-0.3, -0.25) is 9.59 Å². The Bertz CT molecular complexity index is 517. The molecule has 0 spiro atoms. The maximum absolute atomic E-state index is 12.0. The molecule has 0 saturated carbocycles. The van der Waals surface area contributed by atoms with Crippen LogP contribution in [-0.4, -0.2) is 57.3 Å². The predicted molar refractivity (Wildman–Crippen MR) is 76.2 cm³/mol. The van der Waals surface area contributed by atoms with Gasteiger partial charge < -0.3 is 20.4 Å². The second-order valence-corrected chi connectivity index (χ2v) is 6.34. The first-order chi connectivity index (χ1) is 9.84. The number of aliphatic hydroxyl groups is 1. The number of β-lactam (4-membered cyclic amide) rings is 1. The van der Waals surface area contributed by atoms with Crippen LogP contribution >= 0.6 is 11.8 Å². The smallest absolute Gasteiger partial charge is 0.353 e. The highest BCUT2D eigenvalue weighted by Gasteiger charge is 2.56. The zero-order valence-electron chi connectivity index (χ0n) is 11.8. The Balaban J connectivity index is 2.04. The van der Waals surface area contributed by atoms with Gasteiger partial charge in [0.15, 0.2) is 0 Å². The molecule has 0 aromatic heterocycles. The van der Waals surface area contributed by atoms with E-state index in [0.717, 1.165) is 0 Å². The van der Waals surface area contributed by atoms with E-state index in [4.69, 9.17) is 0 Å². The lowest BCUT2D eigenvalue weighted by molar-refractivity contribution is -0.161. The van der Waals surface area contributed by atoms with Crippen LogP contribution in [0.15, 0.2) is 10.6 Å². The summed E-state index contributed by atoms with van der Waals surface area (Å²) in [5.74, 6) is -1.57. The SMILES string of the molecule is CC(=O)NCCSC1=C(C(=O)O)N2C(=O)C([C@@H](C)O)C2C1. The number of aliphatic carboxylic acids is 1. The van der Waals surface area contributed by atoms with Gasteiger partial charge in [-0.1, -0.05) is 0 Å². The van der Waals surface area contributed by atoms with Crippen molar-refractivity contribution in [2.45, 2.75) is 32.4 Å². The zero-order chi connectivity index (χ0) is 15.7. The van der Waals surface area contributed by atoms with Crippen LogP contribution in [0, 0.1) is 5.92 Å². The van der Waals surface area contributed by atoms with Gasteiger partial charge in [0, 0.05) is 30.5 Å². The molecular formula is C13H18N2O5S. The first-order valence-electron chi connectivity index (χ1n) is 6.69. The van der Waals surface area contributed by atoms with Crippen molar-refractivity contribution >= 4 is 29.5 Å². The van der Waals surface area contributed by atoms with Crippen LogP contribution in [0.3, 0.4) is 0 Å². The molecule has 1 saturated heterocycles. The topological polar surface area (TPSA) is 107 Å². The molecule has 21 heavy (non-hydrogen) atoms. The van der Waals surface area contributed by atoms with Crippen LogP contribution < -0.4 is 5.32 Å². The summed E-state index contributed by atoms with van der Waals surface area (Å²) in [5, 5.41) is 21.5. The number of hydrogen-bond acceptors (Lipinski definition) is 5. The number of carboxylic acid groups (broad SMARTS) is 1. The van der Waals surface area contributed by atoms with E-state index in [1.165, 1.54) is 23.6 Å². The molecule has 7 nitrogen and oxygen atoms in total. The Morgan fingerprint density at radius 2 is 2.19 bits per heavy atom. The number of carboxylic acids is 1. The van der Waals surface area contributed by atoms with E-state index >= 15 is 0 Å². The largest absolute Gasteiger partial charge is 0.477 e. The second-order valence-electron chi connectivity index (χ2n) is 5.15. The van der Waals surface area contributed by atoms with E-state index in [2.05, 4.69) is 5.32 Å². The molecule has 2 unspecified atom stereocenters. The maximum atomic E-state index is 12.0. The van der Waals surface area contributed by atoms with Crippen molar-refractivity contribution in [3.05, 3.63) is 10.6 Å². The van der Waals surface area contributed by atoms with Crippen LogP contribution in [0.2, 0.25) is 0 Å². The molecule has 8 heteroatoms. The average Bonchev–Trinajstić information content (AvgIpc) is 2.68. The summed E-state index contributed by atoms with van der Waals surface area (Å²) < 4.78 is 0. The fraction of sp³-hybridized carbons (Fsp3) is 0.615. The molecule has 3 N–H and O–H groups in total. The molecule has 2 aliphatic rings. The molecule has 0 aliphatic carbocycles. The van der Waals surface area contributed by atoms with Crippen molar-refractivity contribution in [3.8, 4) is 0 Å². The Hall–Kier alpha value is -1.54. The highest BCUT2D eigenvalue weighted by molar-refractivity contribution is 8.03. The summed E-state index contributed by atoms with van der Waals surface area (Å²) >= 11 is 1.33. The van der Waals surface area contributed by atoms with Crippen LogP contribution in [0.25, 0.3) is 0 Å². The summed E-state index contributed by atoms with van der Waals surface area (Å²) in [6.07, 6.45) is -0.328. The predicted octanol–water partition coefficient (Wildman–Crippen LogP) is -0.237. The Labute approximate surface area is 126 Å². The van der Waals surface area contributed by atoms with Gasteiger partial charge in [0.25, 0.3) is 0 Å². The Morgan fingerprint density at radius 3 is 2.71 bits per heavy atom. The molecule has 2 heterocycles. The van der Waals surface area contributed by atoms with Crippen molar-refractivity contribution in [1.29, 1.82) is 0 Å². The van der Waals surface area contributed by atoms with Crippen molar-refractivity contribution in [2.75, 3.05) is 12.3 Å². The molecule has 1 fully saturated rings. The molecule has 0 aromatic rings. The molecule has 0 aromatic carbocycles. The minimum absolute atomic E-state index is 0.0229. The number of carbonyl (C=O) groups excluding carboxylic acids is 2. The van der Waals surface area contributed by atoms with Crippen molar-refractivity contribution < 1.29 is 24.6 Å². The number of carbonyl (C=O) groups is 3. The number of thioether (sulfide) groups is 1. The van der Waals surface area contributed by atoms with E-state index in [0.29, 0.717) is 23.6 Å². The number of aliphatic hydroxyl groups excluding tert-OH is 1. The third-order valence-electron chi connectivity index (χ3n) is 3.64. The summed E-state index contributed by atoms with van der Waals surface area (Å²) in [6.45, 7) is 3.40.